The van der Waals surface area contributed by atoms with E-state index in [2.05, 4.69) is 10.6 Å². The van der Waals surface area contributed by atoms with Gasteiger partial charge in [-0.2, -0.15) is 0 Å². The minimum Gasteiger partial charge on any atom is -0.383 e. The Morgan fingerprint density at radius 2 is 1.91 bits per heavy atom. The lowest BCUT2D eigenvalue weighted by molar-refractivity contribution is 0.198. The number of amides is 2. The second kappa shape index (κ2) is 8.41. The zero-order valence-electron chi connectivity index (χ0n) is 12.4. The molecule has 116 valence electrons. The molecule has 0 aliphatic carbocycles. The van der Waals surface area contributed by atoms with Crippen LogP contribution in [0.25, 0.3) is 0 Å². The van der Waals surface area contributed by atoms with E-state index in [9.17, 15) is 4.79 Å². The molecule has 0 fully saturated rings. The second-order valence-corrected chi connectivity index (χ2v) is 5.31. The number of hydrogen-bond acceptors (Lipinski definition) is 2. The third-order valence-corrected chi connectivity index (χ3v) is 3.35. The molecule has 0 radical (unpaired) electrons. The predicted molar refractivity (Wildman–Crippen MR) is 89.6 cm³/mol. The lowest BCUT2D eigenvalue weighted by Gasteiger charge is -2.09. The summed E-state index contributed by atoms with van der Waals surface area (Å²) in [6.45, 7) is 0.969. The summed E-state index contributed by atoms with van der Waals surface area (Å²) in [6, 6.07) is 15.3. The summed E-state index contributed by atoms with van der Waals surface area (Å²) < 4.78 is 4.88. The van der Waals surface area contributed by atoms with E-state index in [1.807, 2.05) is 48.5 Å². The van der Waals surface area contributed by atoms with Crippen molar-refractivity contribution < 1.29 is 9.53 Å². The number of halogens is 1. The lowest BCUT2D eigenvalue weighted by Crippen LogP contribution is -2.31. The number of nitrogens with one attached hydrogen (secondary N) is 2. The number of carbonyl (C=O) groups excluding carboxylic acids is 1. The van der Waals surface area contributed by atoms with Crippen molar-refractivity contribution in [1.82, 2.24) is 5.32 Å². The summed E-state index contributed by atoms with van der Waals surface area (Å²) in [5.41, 5.74) is 3.06. The molecule has 2 rings (SSSR count). The predicted octanol–water partition coefficient (Wildman–Crippen LogP) is 3.70. The third kappa shape index (κ3) is 5.39. The number of rotatable bonds is 6. The first kappa shape index (κ1) is 16.3. The standard InChI is InChI=1S/C17H19ClN2O2/c1-22-10-9-19-17(21)20-16-4-2-3-14(12-16)11-13-5-7-15(18)8-6-13/h2-8,12H,9-11H2,1H3,(H2,19,20,21). The van der Waals surface area contributed by atoms with Crippen LogP contribution in [0.1, 0.15) is 11.1 Å². The Balaban J connectivity index is 1.94. The van der Waals surface area contributed by atoms with Gasteiger partial charge in [-0.3, -0.25) is 0 Å². The van der Waals surface area contributed by atoms with Gasteiger partial charge in [0, 0.05) is 24.4 Å². The molecule has 0 aliphatic rings. The zero-order valence-corrected chi connectivity index (χ0v) is 13.2. The molecular formula is C17H19ClN2O2. The van der Waals surface area contributed by atoms with Gasteiger partial charge in [0.05, 0.1) is 6.61 Å². The Bertz CT molecular complexity index is 614. The Kier molecular flexibility index (Phi) is 6.25. The van der Waals surface area contributed by atoms with E-state index >= 15 is 0 Å². The molecule has 0 saturated carbocycles. The summed E-state index contributed by atoms with van der Waals surface area (Å²) in [4.78, 5) is 11.7. The number of hydrogen-bond donors (Lipinski definition) is 2. The Labute approximate surface area is 135 Å². The van der Waals surface area contributed by atoms with Gasteiger partial charge in [-0.25, -0.2) is 4.79 Å². The van der Waals surface area contributed by atoms with E-state index in [-0.39, 0.29) is 6.03 Å². The minimum absolute atomic E-state index is 0.235. The smallest absolute Gasteiger partial charge is 0.319 e. The maximum atomic E-state index is 11.7. The molecule has 2 aromatic rings. The van der Waals surface area contributed by atoms with Crippen molar-refractivity contribution in [1.29, 1.82) is 0 Å². The molecule has 0 aromatic heterocycles. The van der Waals surface area contributed by atoms with Gasteiger partial charge in [-0.15, -0.1) is 0 Å². The number of urea groups is 1. The Morgan fingerprint density at radius 3 is 2.64 bits per heavy atom. The van der Waals surface area contributed by atoms with Crippen LogP contribution >= 0.6 is 11.6 Å². The number of benzene rings is 2. The van der Waals surface area contributed by atoms with Crippen LogP contribution in [0.4, 0.5) is 10.5 Å². The third-order valence-electron chi connectivity index (χ3n) is 3.10. The summed E-state index contributed by atoms with van der Waals surface area (Å²) in [5.74, 6) is 0. The van der Waals surface area contributed by atoms with Gasteiger partial charge >= 0.3 is 6.03 Å². The Hall–Kier alpha value is -2.04. The fraction of sp³-hybridized carbons (Fsp3) is 0.235. The molecule has 0 unspecified atom stereocenters. The molecule has 2 N–H and O–H groups in total. The number of anilines is 1. The Morgan fingerprint density at radius 1 is 1.14 bits per heavy atom. The van der Waals surface area contributed by atoms with Crippen LogP contribution in [0.5, 0.6) is 0 Å². The van der Waals surface area contributed by atoms with E-state index in [0.29, 0.717) is 13.2 Å². The molecule has 22 heavy (non-hydrogen) atoms. The van der Waals surface area contributed by atoms with Crippen molar-refractivity contribution in [3.63, 3.8) is 0 Å². The van der Waals surface area contributed by atoms with Gasteiger partial charge in [0.15, 0.2) is 0 Å². The summed E-state index contributed by atoms with van der Waals surface area (Å²) in [7, 11) is 1.60. The first-order valence-electron chi connectivity index (χ1n) is 7.04. The molecule has 2 aromatic carbocycles. The highest BCUT2D eigenvalue weighted by atomic mass is 35.5. The summed E-state index contributed by atoms with van der Waals surface area (Å²) in [5, 5.41) is 6.26. The topological polar surface area (TPSA) is 50.4 Å². The number of carbonyl (C=O) groups is 1. The van der Waals surface area contributed by atoms with Crippen molar-refractivity contribution in [3.05, 3.63) is 64.7 Å². The van der Waals surface area contributed by atoms with Gasteiger partial charge in [-0.1, -0.05) is 35.9 Å². The van der Waals surface area contributed by atoms with Crippen molar-refractivity contribution in [2.24, 2.45) is 0 Å². The van der Waals surface area contributed by atoms with Crippen LogP contribution in [0, 0.1) is 0 Å². The first-order chi connectivity index (χ1) is 10.7. The quantitative estimate of drug-likeness (QED) is 0.798. The molecule has 5 heteroatoms. The molecule has 0 saturated heterocycles. The maximum absolute atomic E-state index is 11.7. The minimum atomic E-state index is -0.235. The highest BCUT2D eigenvalue weighted by molar-refractivity contribution is 6.30. The molecule has 0 heterocycles. The molecule has 0 bridgehead atoms. The van der Waals surface area contributed by atoms with Gasteiger partial charge in [0.1, 0.15) is 0 Å². The average Bonchev–Trinajstić information content (AvgIpc) is 2.50. The van der Waals surface area contributed by atoms with Crippen LogP contribution in [-0.4, -0.2) is 26.3 Å². The number of ether oxygens (including phenoxy) is 1. The summed E-state index contributed by atoms with van der Waals surface area (Å²) in [6.07, 6.45) is 0.790. The highest BCUT2D eigenvalue weighted by Gasteiger charge is 2.03. The van der Waals surface area contributed by atoms with Crippen LogP contribution in [0.15, 0.2) is 48.5 Å². The summed E-state index contributed by atoms with van der Waals surface area (Å²) >= 11 is 5.89. The zero-order chi connectivity index (χ0) is 15.8. The SMILES string of the molecule is COCCNC(=O)Nc1cccc(Cc2ccc(Cl)cc2)c1. The molecular weight excluding hydrogens is 300 g/mol. The monoisotopic (exact) mass is 318 g/mol. The largest absolute Gasteiger partial charge is 0.383 e. The molecule has 0 atom stereocenters. The van der Waals surface area contributed by atoms with Crippen molar-refractivity contribution in [2.75, 3.05) is 25.6 Å². The highest BCUT2D eigenvalue weighted by Crippen LogP contribution is 2.16. The van der Waals surface area contributed by atoms with Gasteiger partial charge in [-0.05, 0) is 41.8 Å². The maximum Gasteiger partial charge on any atom is 0.319 e. The fourth-order valence-corrected chi connectivity index (χ4v) is 2.16. The molecule has 2 amide bonds. The van der Waals surface area contributed by atoms with Crippen LogP contribution in [0.2, 0.25) is 5.02 Å². The van der Waals surface area contributed by atoms with E-state index in [1.165, 1.54) is 5.56 Å². The van der Waals surface area contributed by atoms with Gasteiger partial charge in [0.25, 0.3) is 0 Å². The second-order valence-electron chi connectivity index (χ2n) is 4.88. The van der Waals surface area contributed by atoms with Crippen molar-refractivity contribution >= 4 is 23.3 Å². The van der Waals surface area contributed by atoms with E-state index in [4.69, 9.17) is 16.3 Å². The lowest BCUT2D eigenvalue weighted by atomic mass is 10.0. The van der Waals surface area contributed by atoms with Gasteiger partial charge < -0.3 is 15.4 Å². The van der Waals surface area contributed by atoms with Crippen LogP contribution in [-0.2, 0) is 11.2 Å². The number of methoxy groups -OCH3 is 1. The van der Waals surface area contributed by atoms with Gasteiger partial charge in [0.2, 0.25) is 0 Å². The molecule has 0 aliphatic heterocycles. The molecule has 0 spiro atoms. The first-order valence-corrected chi connectivity index (χ1v) is 7.42. The van der Waals surface area contributed by atoms with Crippen molar-refractivity contribution in [3.8, 4) is 0 Å². The van der Waals surface area contributed by atoms with E-state index < -0.39 is 0 Å². The van der Waals surface area contributed by atoms with E-state index in [0.717, 1.165) is 22.7 Å². The normalized spacial score (nSPS) is 10.3. The van der Waals surface area contributed by atoms with Crippen molar-refractivity contribution in [2.45, 2.75) is 6.42 Å². The van der Waals surface area contributed by atoms with Crippen LogP contribution < -0.4 is 10.6 Å². The molecule has 4 nitrogen and oxygen atoms in total. The fourth-order valence-electron chi connectivity index (χ4n) is 2.04. The van der Waals surface area contributed by atoms with Crippen LogP contribution in [0.3, 0.4) is 0 Å². The van der Waals surface area contributed by atoms with E-state index in [1.54, 1.807) is 7.11 Å². The average molecular weight is 319 g/mol.